The maximum Gasteiger partial charge on any atom is 0.345 e. The van der Waals surface area contributed by atoms with E-state index in [1.54, 1.807) is 13.1 Å². The first-order chi connectivity index (χ1) is 14.5. The van der Waals surface area contributed by atoms with Gasteiger partial charge in [-0.15, -0.1) is 0 Å². The van der Waals surface area contributed by atoms with Gasteiger partial charge in [0.1, 0.15) is 24.9 Å². The summed E-state index contributed by atoms with van der Waals surface area (Å²) in [5.41, 5.74) is 1.93. The standard InChI is InChI=1S/C20H22N4O6/c1-3-29-16(25)11-22-9-14-15-10-23(18(17(14)21-22)19(26)28-2)20(27)24(15)30-12-13-7-5-4-6-8-13/h4-9,15,18H,3,10-12H2,1-2H3/t15-,18+/m1/s1. The van der Waals surface area contributed by atoms with Crippen molar-refractivity contribution < 1.29 is 28.7 Å². The number of carbonyl (C=O) groups is 3. The zero-order valence-corrected chi connectivity index (χ0v) is 16.7. The SMILES string of the molecule is CCOC(=O)Cn1cc2c(n1)[C@@H](C(=O)OC)N1C[C@H]2N(OCc2ccccc2)C1=O. The predicted molar refractivity (Wildman–Crippen MR) is 102 cm³/mol. The third-order valence-electron chi connectivity index (χ3n) is 5.07. The van der Waals surface area contributed by atoms with Gasteiger partial charge in [-0.3, -0.25) is 14.3 Å². The van der Waals surface area contributed by atoms with Crippen LogP contribution in [0.3, 0.4) is 0 Å². The maximum atomic E-state index is 13.0. The molecule has 2 bridgehead atoms. The molecule has 158 valence electrons. The van der Waals surface area contributed by atoms with Crippen LogP contribution in [0.4, 0.5) is 4.79 Å². The minimum atomic E-state index is -0.998. The van der Waals surface area contributed by atoms with E-state index in [9.17, 15) is 14.4 Å². The zero-order valence-electron chi connectivity index (χ0n) is 16.7. The number of hydrogen-bond acceptors (Lipinski definition) is 7. The molecule has 2 atom stereocenters. The van der Waals surface area contributed by atoms with E-state index in [1.165, 1.54) is 21.8 Å². The smallest absolute Gasteiger partial charge is 0.345 e. The molecule has 0 unspecified atom stereocenters. The number of amides is 2. The molecule has 10 heteroatoms. The van der Waals surface area contributed by atoms with Crippen molar-refractivity contribution in [3.8, 4) is 0 Å². The highest BCUT2D eigenvalue weighted by Crippen LogP contribution is 2.43. The molecule has 3 heterocycles. The summed E-state index contributed by atoms with van der Waals surface area (Å²) in [5, 5.41) is 5.66. The van der Waals surface area contributed by atoms with Crippen molar-refractivity contribution in [2.45, 2.75) is 32.2 Å². The summed E-state index contributed by atoms with van der Waals surface area (Å²) in [7, 11) is 1.26. The van der Waals surface area contributed by atoms with Crippen LogP contribution < -0.4 is 0 Å². The van der Waals surface area contributed by atoms with Gasteiger partial charge in [-0.25, -0.2) is 9.59 Å². The highest BCUT2D eigenvalue weighted by molar-refractivity contribution is 5.87. The monoisotopic (exact) mass is 414 g/mol. The molecule has 1 aromatic carbocycles. The molecule has 0 saturated carbocycles. The summed E-state index contributed by atoms with van der Waals surface area (Å²) in [6, 6.07) is 7.58. The fourth-order valence-electron chi connectivity index (χ4n) is 3.74. The molecule has 0 N–H and O–H groups in total. The van der Waals surface area contributed by atoms with E-state index >= 15 is 0 Å². The molecule has 2 aliphatic rings. The first-order valence-corrected chi connectivity index (χ1v) is 9.60. The Morgan fingerprint density at radius 3 is 2.70 bits per heavy atom. The minimum Gasteiger partial charge on any atom is -0.467 e. The number of nitrogens with zero attached hydrogens (tertiary/aromatic N) is 4. The van der Waals surface area contributed by atoms with Crippen molar-refractivity contribution in [2.24, 2.45) is 0 Å². The Labute approximate surface area is 172 Å². The number of methoxy groups -OCH3 is 1. The lowest BCUT2D eigenvalue weighted by Gasteiger charge is -2.27. The van der Waals surface area contributed by atoms with Gasteiger partial charge >= 0.3 is 18.0 Å². The summed E-state index contributed by atoms with van der Waals surface area (Å²) in [4.78, 5) is 44.5. The van der Waals surface area contributed by atoms with Crippen LogP contribution in [0.15, 0.2) is 36.5 Å². The largest absolute Gasteiger partial charge is 0.467 e. The van der Waals surface area contributed by atoms with E-state index in [2.05, 4.69) is 5.10 Å². The van der Waals surface area contributed by atoms with Gasteiger partial charge in [0.05, 0.1) is 20.3 Å². The lowest BCUT2D eigenvalue weighted by Crippen LogP contribution is -2.39. The van der Waals surface area contributed by atoms with Crippen LogP contribution in [0.2, 0.25) is 0 Å². The van der Waals surface area contributed by atoms with Gasteiger partial charge in [0.2, 0.25) is 0 Å². The molecular formula is C20H22N4O6. The van der Waals surface area contributed by atoms with Crippen molar-refractivity contribution in [3.63, 3.8) is 0 Å². The molecular weight excluding hydrogens is 392 g/mol. The number of benzene rings is 1. The average Bonchev–Trinajstić information content (AvgIpc) is 3.28. The molecule has 0 radical (unpaired) electrons. The normalized spacial score (nSPS) is 19.6. The quantitative estimate of drug-likeness (QED) is 0.634. The number of aromatic nitrogens is 2. The highest BCUT2D eigenvalue weighted by Gasteiger charge is 2.53. The fourth-order valence-corrected chi connectivity index (χ4v) is 3.74. The summed E-state index contributed by atoms with van der Waals surface area (Å²) >= 11 is 0. The number of ether oxygens (including phenoxy) is 2. The van der Waals surface area contributed by atoms with Gasteiger partial charge in [-0.05, 0) is 12.5 Å². The van der Waals surface area contributed by atoms with Crippen molar-refractivity contribution in [1.82, 2.24) is 19.7 Å². The number of rotatable bonds is 7. The molecule has 2 aliphatic heterocycles. The van der Waals surface area contributed by atoms with E-state index in [4.69, 9.17) is 14.3 Å². The molecule has 10 nitrogen and oxygen atoms in total. The lowest BCUT2D eigenvalue weighted by atomic mass is 9.98. The van der Waals surface area contributed by atoms with Crippen LogP contribution in [-0.4, -0.2) is 58.0 Å². The number of esters is 2. The second-order valence-corrected chi connectivity index (χ2v) is 6.93. The third-order valence-corrected chi connectivity index (χ3v) is 5.07. The Morgan fingerprint density at radius 2 is 2.00 bits per heavy atom. The molecule has 1 aromatic heterocycles. The lowest BCUT2D eigenvalue weighted by molar-refractivity contribution is -0.146. The van der Waals surface area contributed by atoms with Gasteiger partial charge in [0.15, 0.2) is 6.04 Å². The Bertz CT molecular complexity index is 959. The van der Waals surface area contributed by atoms with E-state index in [-0.39, 0.29) is 26.3 Å². The molecule has 2 amide bonds. The number of fused-ring (bicyclic) bond motifs is 4. The highest BCUT2D eigenvalue weighted by atomic mass is 16.7. The van der Waals surface area contributed by atoms with Gasteiger partial charge in [-0.1, -0.05) is 30.3 Å². The topological polar surface area (TPSA) is 103 Å². The second kappa shape index (κ2) is 8.15. The van der Waals surface area contributed by atoms with Crippen LogP contribution >= 0.6 is 0 Å². The fraction of sp³-hybridized carbons (Fsp3) is 0.400. The molecule has 2 aromatic rings. The minimum absolute atomic E-state index is 0.0970. The van der Waals surface area contributed by atoms with Crippen LogP contribution in [0.5, 0.6) is 0 Å². The summed E-state index contributed by atoms with van der Waals surface area (Å²) in [5.74, 6) is -1.04. The first kappa shape index (κ1) is 19.9. The third kappa shape index (κ3) is 3.50. The summed E-state index contributed by atoms with van der Waals surface area (Å²) < 4.78 is 11.3. The Kier molecular flexibility index (Phi) is 5.40. The van der Waals surface area contributed by atoms with E-state index in [0.29, 0.717) is 11.3 Å². The first-order valence-electron chi connectivity index (χ1n) is 9.60. The Balaban J connectivity index is 1.63. The van der Waals surface area contributed by atoms with Crippen LogP contribution in [0.25, 0.3) is 0 Å². The zero-order chi connectivity index (χ0) is 21.3. The predicted octanol–water partition coefficient (Wildman–Crippen LogP) is 1.58. The van der Waals surface area contributed by atoms with Crippen LogP contribution in [-0.2, 0) is 37.1 Å². The number of urea groups is 1. The Morgan fingerprint density at radius 1 is 1.23 bits per heavy atom. The molecule has 0 spiro atoms. The molecule has 1 fully saturated rings. The number of hydrogen-bond donors (Lipinski definition) is 0. The van der Waals surface area contributed by atoms with Gasteiger partial charge in [0.25, 0.3) is 0 Å². The average molecular weight is 414 g/mol. The summed E-state index contributed by atoms with van der Waals surface area (Å²) in [6.45, 7) is 2.34. The molecule has 4 rings (SSSR count). The van der Waals surface area contributed by atoms with E-state index in [0.717, 1.165) is 5.56 Å². The summed E-state index contributed by atoms with van der Waals surface area (Å²) in [6.07, 6.45) is 1.65. The maximum absolute atomic E-state index is 13.0. The van der Waals surface area contributed by atoms with E-state index < -0.39 is 30.1 Å². The molecule has 0 aliphatic carbocycles. The second-order valence-electron chi connectivity index (χ2n) is 6.93. The van der Waals surface area contributed by atoms with Crippen molar-refractivity contribution >= 4 is 18.0 Å². The number of hydroxylamine groups is 2. The van der Waals surface area contributed by atoms with Crippen molar-refractivity contribution in [3.05, 3.63) is 53.3 Å². The van der Waals surface area contributed by atoms with Crippen molar-refractivity contribution in [1.29, 1.82) is 0 Å². The Hall–Kier alpha value is -3.40. The molecule has 30 heavy (non-hydrogen) atoms. The van der Waals surface area contributed by atoms with Crippen molar-refractivity contribution in [2.75, 3.05) is 20.3 Å². The molecule has 1 saturated heterocycles. The van der Waals surface area contributed by atoms with E-state index in [1.807, 2.05) is 30.3 Å². The van der Waals surface area contributed by atoms with Gasteiger partial charge in [0, 0.05) is 11.8 Å². The van der Waals surface area contributed by atoms with Crippen LogP contribution in [0.1, 0.15) is 35.8 Å². The number of carbonyl (C=O) groups excluding carboxylic acids is 3. The van der Waals surface area contributed by atoms with Gasteiger partial charge in [-0.2, -0.15) is 10.2 Å². The van der Waals surface area contributed by atoms with Crippen LogP contribution in [0, 0.1) is 0 Å². The van der Waals surface area contributed by atoms with Gasteiger partial charge < -0.3 is 14.4 Å².